The fourth-order valence-corrected chi connectivity index (χ4v) is 4.11. The van der Waals surface area contributed by atoms with Crippen LogP contribution in [0.25, 0.3) is 0 Å². The Bertz CT molecular complexity index is 454. The third-order valence-corrected chi connectivity index (χ3v) is 5.49. The van der Waals surface area contributed by atoms with Gasteiger partial charge in [0.1, 0.15) is 0 Å². The number of fused-ring (bicyclic) bond motifs is 1. The highest BCUT2D eigenvalue weighted by molar-refractivity contribution is 9.10. The van der Waals surface area contributed by atoms with E-state index in [1.807, 2.05) is 0 Å². The first-order chi connectivity index (χ1) is 9.72. The van der Waals surface area contributed by atoms with Crippen LogP contribution < -0.4 is 5.32 Å². The number of aryl methyl sites for hydroxylation is 1. The van der Waals surface area contributed by atoms with Crippen LogP contribution in [-0.2, 0) is 12.8 Å². The van der Waals surface area contributed by atoms with Crippen molar-refractivity contribution in [3.63, 3.8) is 0 Å². The SMILES string of the molecule is CN(CC1CCNCC1)C1CCc2cc(Br)ccc2C1. The molecule has 1 N–H and O–H groups in total. The first kappa shape index (κ1) is 14.6. The molecule has 20 heavy (non-hydrogen) atoms. The lowest BCUT2D eigenvalue weighted by Crippen LogP contribution is -2.41. The normalized spacial score (nSPS) is 23.9. The third-order valence-electron chi connectivity index (χ3n) is 5.00. The Hall–Kier alpha value is -0.380. The fraction of sp³-hybridized carbons (Fsp3) is 0.647. The van der Waals surface area contributed by atoms with Gasteiger partial charge < -0.3 is 10.2 Å². The standard InChI is InChI=1S/C17H25BrN2/c1-20(12-13-6-8-19-9-7-13)17-5-3-14-10-16(18)4-2-15(14)11-17/h2,4,10,13,17,19H,3,5-9,11-12H2,1H3. The highest BCUT2D eigenvalue weighted by Gasteiger charge is 2.24. The Kier molecular flexibility index (Phi) is 4.79. The van der Waals surface area contributed by atoms with E-state index in [0.29, 0.717) is 0 Å². The zero-order chi connectivity index (χ0) is 13.9. The smallest absolute Gasteiger partial charge is 0.0178 e. The summed E-state index contributed by atoms with van der Waals surface area (Å²) in [6.07, 6.45) is 6.46. The van der Waals surface area contributed by atoms with E-state index >= 15 is 0 Å². The molecule has 0 spiro atoms. The van der Waals surface area contributed by atoms with Gasteiger partial charge in [0.05, 0.1) is 0 Å². The van der Waals surface area contributed by atoms with Crippen molar-refractivity contribution in [2.75, 3.05) is 26.7 Å². The van der Waals surface area contributed by atoms with Gasteiger partial charge in [-0.2, -0.15) is 0 Å². The number of nitrogens with one attached hydrogen (secondary N) is 1. The van der Waals surface area contributed by atoms with Crippen molar-refractivity contribution < 1.29 is 0 Å². The second kappa shape index (κ2) is 6.59. The number of hydrogen-bond acceptors (Lipinski definition) is 2. The lowest BCUT2D eigenvalue weighted by molar-refractivity contribution is 0.173. The van der Waals surface area contributed by atoms with Crippen molar-refractivity contribution >= 4 is 15.9 Å². The lowest BCUT2D eigenvalue weighted by atomic mass is 9.87. The largest absolute Gasteiger partial charge is 0.317 e. The summed E-state index contributed by atoms with van der Waals surface area (Å²) in [5.74, 6) is 0.896. The van der Waals surface area contributed by atoms with Gasteiger partial charge in [-0.3, -0.25) is 0 Å². The highest BCUT2D eigenvalue weighted by atomic mass is 79.9. The van der Waals surface area contributed by atoms with Crippen LogP contribution in [-0.4, -0.2) is 37.6 Å². The fourth-order valence-electron chi connectivity index (χ4n) is 3.70. The van der Waals surface area contributed by atoms with Crippen LogP contribution in [0.15, 0.2) is 22.7 Å². The topological polar surface area (TPSA) is 15.3 Å². The molecule has 1 saturated heterocycles. The number of rotatable bonds is 3. The molecule has 110 valence electrons. The first-order valence-electron chi connectivity index (χ1n) is 7.90. The molecule has 3 rings (SSSR count). The van der Waals surface area contributed by atoms with E-state index in [0.717, 1.165) is 12.0 Å². The predicted octanol–water partition coefficient (Wildman–Crippen LogP) is 3.24. The quantitative estimate of drug-likeness (QED) is 0.911. The van der Waals surface area contributed by atoms with Crippen molar-refractivity contribution in [2.24, 2.45) is 5.92 Å². The maximum Gasteiger partial charge on any atom is 0.0178 e. The molecule has 1 aromatic rings. The van der Waals surface area contributed by atoms with Crippen molar-refractivity contribution in [2.45, 2.75) is 38.1 Å². The summed E-state index contributed by atoms with van der Waals surface area (Å²) in [7, 11) is 2.33. The zero-order valence-corrected chi connectivity index (χ0v) is 14.0. The molecule has 1 atom stereocenters. The molecular formula is C17H25BrN2. The molecule has 1 aromatic carbocycles. The third kappa shape index (κ3) is 3.44. The molecule has 0 saturated carbocycles. The van der Waals surface area contributed by atoms with Crippen molar-refractivity contribution in [1.29, 1.82) is 0 Å². The summed E-state index contributed by atoms with van der Waals surface area (Å²) in [4.78, 5) is 2.63. The van der Waals surface area contributed by atoms with Crippen LogP contribution in [0, 0.1) is 5.92 Å². The Balaban J connectivity index is 1.59. The van der Waals surface area contributed by atoms with Gasteiger partial charge in [0.2, 0.25) is 0 Å². The van der Waals surface area contributed by atoms with E-state index in [4.69, 9.17) is 0 Å². The summed E-state index contributed by atoms with van der Waals surface area (Å²) in [5.41, 5.74) is 3.10. The van der Waals surface area contributed by atoms with Gasteiger partial charge in [-0.25, -0.2) is 0 Å². The second-order valence-electron chi connectivity index (χ2n) is 6.44. The molecule has 0 radical (unpaired) electrons. The summed E-state index contributed by atoms with van der Waals surface area (Å²) in [6.45, 7) is 3.69. The Morgan fingerprint density at radius 2 is 2.00 bits per heavy atom. The van der Waals surface area contributed by atoms with Crippen LogP contribution >= 0.6 is 15.9 Å². The van der Waals surface area contributed by atoms with Gasteiger partial charge in [0.15, 0.2) is 0 Å². The van der Waals surface area contributed by atoms with Crippen molar-refractivity contribution in [1.82, 2.24) is 10.2 Å². The van der Waals surface area contributed by atoms with Crippen molar-refractivity contribution in [3.8, 4) is 0 Å². The van der Waals surface area contributed by atoms with Crippen LogP contribution in [0.3, 0.4) is 0 Å². The lowest BCUT2D eigenvalue weighted by Gasteiger charge is -2.35. The maximum atomic E-state index is 3.58. The van der Waals surface area contributed by atoms with E-state index in [1.54, 1.807) is 11.1 Å². The summed E-state index contributed by atoms with van der Waals surface area (Å²) in [5, 5.41) is 3.46. The average molecular weight is 337 g/mol. The molecule has 0 aromatic heterocycles. The molecular weight excluding hydrogens is 312 g/mol. The van der Waals surface area contributed by atoms with Crippen LogP contribution in [0.2, 0.25) is 0 Å². The van der Waals surface area contributed by atoms with Gasteiger partial charge >= 0.3 is 0 Å². The number of likely N-dealkylation sites (N-methyl/N-ethyl adjacent to an activating group) is 1. The number of nitrogens with zero attached hydrogens (tertiary/aromatic N) is 1. The predicted molar refractivity (Wildman–Crippen MR) is 88.2 cm³/mol. The Morgan fingerprint density at radius 3 is 2.80 bits per heavy atom. The van der Waals surface area contributed by atoms with E-state index in [-0.39, 0.29) is 0 Å². The zero-order valence-electron chi connectivity index (χ0n) is 12.4. The van der Waals surface area contributed by atoms with Crippen LogP contribution in [0.5, 0.6) is 0 Å². The molecule has 1 aliphatic heterocycles. The van der Waals surface area contributed by atoms with Gasteiger partial charge in [0.25, 0.3) is 0 Å². The molecule has 1 aliphatic carbocycles. The number of piperidine rings is 1. The summed E-state index contributed by atoms with van der Waals surface area (Å²) < 4.78 is 1.22. The van der Waals surface area contributed by atoms with Crippen molar-refractivity contribution in [3.05, 3.63) is 33.8 Å². The first-order valence-corrected chi connectivity index (χ1v) is 8.70. The maximum absolute atomic E-state index is 3.58. The minimum atomic E-state index is 0.735. The van der Waals surface area contributed by atoms with E-state index < -0.39 is 0 Å². The second-order valence-corrected chi connectivity index (χ2v) is 7.36. The van der Waals surface area contributed by atoms with Crippen LogP contribution in [0.4, 0.5) is 0 Å². The molecule has 0 bridgehead atoms. The number of halogens is 1. The summed E-state index contributed by atoms with van der Waals surface area (Å²) >= 11 is 3.58. The molecule has 2 nitrogen and oxygen atoms in total. The Morgan fingerprint density at radius 1 is 1.20 bits per heavy atom. The Labute approximate surface area is 131 Å². The molecule has 3 heteroatoms. The number of benzene rings is 1. The van der Waals surface area contributed by atoms with E-state index in [9.17, 15) is 0 Å². The molecule has 1 fully saturated rings. The average Bonchev–Trinajstić information content (AvgIpc) is 2.47. The van der Waals surface area contributed by atoms with Gasteiger partial charge in [0, 0.05) is 17.1 Å². The van der Waals surface area contributed by atoms with Gasteiger partial charge in [-0.05, 0) is 81.4 Å². The molecule has 0 amide bonds. The van der Waals surface area contributed by atoms with Gasteiger partial charge in [-0.1, -0.05) is 22.0 Å². The molecule has 1 unspecified atom stereocenters. The van der Waals surface area contributed by atoms with Gasteiger partial charge in [-0.15, -0.1) is 0 Å². The van der Waals surface area contributed by atoms with Crippen LogP contribution in [0.1, 0.15) is 30.4 Å². The number of hydrogen-bond donors (Lipinski definition) is 1. The molecule has 2 aliphatic rings. The minimum absolute atomic E-state index is 0.735. The molecule has 1 heterocycles. The summed E-state index contributed by atoms with van der Waals surface area (Å²) in [6, 6.07) is 7.54. The monoisotopic (exact) mass is 336 g/mol. The minimum Gasteiger partial charge on any atom is -0.317 e. The van der Waals surface area contributed by atoms with E-state index in [2.05, 4.69) is 51.4 Å². The van der Waals surface area contributed by atoms with E-state index in [1.165, 1.54) is 56.2 Å². The highest BCUT2D eigenvalue weighted by Crippen LogP contribution is 2.27.